The third-order valence-corrected chi connectivity index (χ3v) is 6.49. The Morgan fingerprint density at radius 3 is 2.80 bits per heavy atom. The Hall–Kier alpha value is -2.78. The van der Waals surface area contributed by atoms with Crippen molar-refractivity contribution < 1.29 is 9.53 Å². The van der Waals surface area contributed by atoms with E-state index >= 15 is 0 Å². The monoisotopic (exact) mass is 441 g/mol. The van der Waals surface area contributed by atoms with Gasteiger partial charge >= 0.3 is 5.97 Å². The number of aryl methyl sites for hydroxylation is 1. The maximum Gasteiger partial charge on any atom is 0.307 e. The van der Waals surface area contributed by atoms with Gasteiger partial charge in [0.2, 0.25) is 0 Å². The topological polar surface area (TPSA) is 72.3 Å². The van der Waals surface area contributed by atoms with Crippen LogP contribution < -0.4 is 5.32 Å². The minimum atomic E-state index is -0.258. The molecule has 30 heavy (non-hydrogen) atoms. The second-order valence-corrected chi connectivity index (χ2v) is 8.38. The third-order valence-electron chi connectivity index (χ3n) is 5.38. The summed E-state index contributed by atoms with van der Waals surface area (Å²) in [5, 5.41) is 6.93. The number of hydrogen-bond donors (Lipinski definition) is 1. The number of carbonyl (C=O) groups is 1. The van der Waals surface area contributed by atoms with Gasteiger partial charge in [-0.1, -0.05) is 6.07 Å². The average Bonchev–Trinajstić information content (AvgIpc) is 3.45. The Kier molecular flexibility index (Phi) is 5.83. The predicted octanol–water partition coefficient (Wildman–Crippen LogP) is 3.48. The molecule has 0 bridgehead atoms. The van der Waals surface area contributed by atoms with Crippen molar-refractivity contribution in [1.29, 1.82) is 0 Å². The first-order valence-corrected chi connectivity index (χ1v) is 10.9. The van der Waals surface area contributed by atoms with E-state index in [-0.39, 0.29) is 24.5 Å². The number of thiocarbonyl (C=S) groups is 1. The maximum atomic E-state index is 11.8. The molecule has 0 radical (unpaired) electrons. The number of carbonyl (C=O) groups excluding carboxylic acids is 1. The van der Waals surface area contributed by atoms with E-state index in [2.05, 4.69) is 44.7 Å². The van der Waals surface area contributed by atoms with Crippen molar-refractivity contribution >= 4 is 34.6 Å². The molecule has 3 aromatic heterocycles. The van der Waals surface area contributed by atoms with Crippen molar-refractivity contribution in [3.05, 3.63) is 64.7 Å². The number of thiazole rings is 1. The Balaban J connectivity index is 1.78. The van der Waals surface area contributed by atoms with Crippen molar-refractivity contribution in [1.82, 2.24) is 24.8 Å². The number of nitrogens with one attached hydrogen (secondary N) is 1. The lowest BCUT2D eigenvalue weighted by Crippen LogP contribution is -2.32. The maximum absolute atomic E-state index is 11.8. The van der Waals surface area contributed by atoms with Gasteiger partial charge in [-0.15, -0.1) is 11.3 Å². The number of pyridine rings is 1. The van der Waals surface area contributed by atoms with Crippen LogP contribution >= 0.6 is 23.6 Å². The van der Waals surface area contributed by atoms with Gasteiger partial charge in [0.05, 0.1) is 31.3 Å². The number of aromatic nitrogens is 3. The molecule has 0 saturated carbocycles. The van der Waals surface area contributed by atoms with Crippen LogP contribution in [-0.2, 0) is 9.53 Å². The van der Waals surface area contributed by atoms with Crippen LogP contribution in [0.2, 0.25) is 0 Å². The second-order valence-electron chi connectivity index (χ2n) is 7.12. The number of ether oxygens (including phenoxy) is 1. The fourth-order valence-corrected chi connectivity index (χ4v) is 5.09. The Bertz CT molecular complexity index is 1050. The normalized spacial score (nSPS) is 18.5. The van der Waals surface area contributed by atoms with Gasteiger partial charge in [-0.25, -0.2) is 4.98 Å². The molecule has 4 heterocycles. The van der Waals surface area contributed by atoms with Crippen LogP contribution in [0.1, 0.15) is 41.1 Å². The highest BCUT2D eigenvalue weighted by molar-refractivity contribution is 7.80. The molecule has 1 saturated heterocycles. The van der Waals surface area contributed by atoms with Gasteiger partial charge in [0.1, 0.15) is 0 Å². The first kappa shape index (κ1) is 20.5. The molecule has 0 aromatic carbocycles. The van der Waals surface area contributed by atoms with E-state index < -0.39 is 0 Å². The molecule has 0 spiro atoms. The molecule has 1 aliphatic rings. The predicted molar refractivity (Wildman–Crippen MR) is 120 cm³/mol. The lowest BCUT2D eigenvalue weighted by Gasteiger charge is -2.27. The summed E-state index contributed by atoms with van der Waals surface area (Å²) in [5.74, 6) is -0.258. The van der Waals surface area contributed by atoms with Crippen LogP contribution in [0.3, 0.4) is 0 Å². The van der Waals surface area contributed by atoms with E-state index in [1.165, 1.54) is 7.11 Å². The van der Waals surface area contributed by atoms with Crippen molar-refractivity contribution in [2.75, 3.05) is 13.7 Å². The highest BCUT2D eigenvalue weighted by Crippen LogP contribution is 2.41. The lowest BCUT2D eigenvalue weighted by molar-refractivity contribution is -0.140. The van der Waals surface area contributed by atoms with Crippen LogP contribution in [0.15, 0.2) is 42.0 Å². The van der Waals surface area contributed by atoms with Gasteiger partial charge in [0, 0.05) is 35.7 Å². The number of esters is 1. The molecule has 2 atom stereocenters. The fourth-order valence-electron chi connectivity index (χ4n) is 4.01. The number of methoxy groups -OCH3 is 1. The summed E-state index contributed by atoms with van der Waals surface area (Å²) < 4.78 is 7.00. The largest absolute Gasteiger partial charge is 0.469 e. The van der Waals surface area contributed by atoms with Gasteiger partial charge in [0.25, 0.3) is 0 Å². The summed E-state index contributed by atoms with van der Waals surface area (Å²) in [4.78, 5) is 22.9. The summed E-state index contributed by atoms with van der Waals surface area (Å²) >= 11 is 7.26. The van der Waals surface area contributed by atoms with Gasteiger partial charge < -0.3 is 15.0 Å². The molecule has 0 aliphatic carbocycles. The smallest absolute Gasteiger partial charge is 0.307 e. The van der Waals surface area contributed by atoms with Crippen molar-refractivity contribution in [2.45, 2.75) is 32.4 Å². The first-order chi connectivity index (χ1) is 14.5. The van der Waals surface area contributed by atoms with Gasteiger partial charge in [-0.2, -0.15) is 0 Å². The van der Waals surface area contributed by atoms with E-state index in [1.807, 2.05) is 29.8 Å². The van der Waals surface area contributed by atoms with E-state index in [0.717, 1.165) is 27.8 Å². The Morgan fingerprint density at radius 2 is 2.13 bits per heavy atom. The average molecular weight is 442 g/mol. The quantitative estimate of drug-likeness (QED) is 0.464. The minimum Gasteiger partial charge on any atom is -0.469 e. The summed E-state index contributed by atoms with van der Waals surface area (Å²) in [6.45, 7) is 4.64. The SMILES string of the molecule is COC(=O)CCN1C(=S)NC(c2ccccn2)C1c1cc(C)n(-c2nccs2)c1C. The molecule has 2 unspecified atom stereocenters. The van der Waals surface area contributed by atoms with E-state index in [4.69, 9.17) is 17.0 Å². The van der Waals surface area contributed by atoms with Crippen LogP contribution in [0.4, 0.5) is 0 Å². The fraction of sp³-hybridized carbons (Fsp3) is 0.333. The van der Waals surface area contributed by atoms with Crippen molar-refractivity contribution in [3.8, 4) is 5.13 Å². The number of hydrogen-bond acceptors (Lipinski definition) is 6. The highest BCUT2D eigenvalue weighted by atomic mass is 32.1. The number of rotatable bonds is 6. The van der Waals surface area contributed by atoms with Gasteiger partial charge in [0.15, 0.2) is 10.2 Å². The molecule has 0 amide bonds. The van der Waals surface area contributed by atoms with E-state index in [0.29, 0.717) is 11.7 Å². The van der Waals surface area contributed by atoms with E-state index in [9.17, 15) is 4.79 Å². The number of nitrogens with zero attached hydrogens (tertiary/aromatic N) is 4. The third kappa shape index (κ3) is 3.70. The van der Waals surface area contributed by atoms with Gasteiger partial charge in [-0.3, -0.25) is 14.3 Å². The summed E-state index contributed by atoms with van der Waals surface area (Å²) in [5.41, 5.74) is 4.24. The zero-order chi connectivity index (χ0) is 21.3. The zero-order valence-electron chi connectivity index (χ0n) is 17.0. The zero-order valence-corrected chi connectivity index (χ0v) is 18.7. The molecule has 4 rings (SSSR count). The summed E-state index contributed by atoms with van der Waals surface area (Å²) in [6.07, 6.45) is 3.85. The van der Waals surface area contributed by atoms with Crippen LogP contribution in [0, 0.1) is 13.8 Å². The van der Waals surface area contributed by atoms with Crippen molar-refractivity contribution in [2.24, 2.45) is 0 Å². The Morgan fingerprint density at radius 1 is 1.30 bits per heavy atom. The standard InChI is InChI=1S/C21H23N5O2S2/c1-13-12-15(14(2)26(13)21-23-9-11-30-21)19-18(16-6-4-5-8-22-16)24-20(29)25(19)10-7-17(27)28-3/h4-6,8-9,11-12,18-19H,7,10H2,1-3H3,(H,24,29). The minimum absolute atomic E-state index is 0.100. The Labute approximate surface area is 184 Å². The van der Waals surface area contributed by atoms with Crippen LogP contribution in [0.25, 0.3) is 5.13 Å². The molecular formula is C21H23N5O2S2. The van der Waals surface area contributed by atoms with Crippen LogP contribution in [0.5, 0.6) is 0 Å². The highest BCUT2D eigenvalue weighted by Gasteiger charge is 2.41. The van der Waals surface area contributed by atoms with Crippen LogP contribution in [-0.4, -0.2) is 44.2 Å². The second kappa shape index (κ2) is 8.53. The lowest BCUT2D eigenvalue weighted by atomic mass is 9.96. The molecule has 9 heteroatoms. The summed E-state index contributed by atoms with van der Waals surface area (Å²) in [6, 6.07) is 7.82. The molecule has 1 fully saturated rings. The molecule has 3 aromatic rings. The molecule has 1 aliphatic heterocycles. The first-order valence-electron chi connectivity index (χ1n) is 9.65. The molecule has 7 nitrogen and oxygen atoms in total. The van der Waals surface area contributed by atoms with E-state index in [1.54, 1.807) is 17.5 Å². The molecular weight excluding hydrogens is 418 g/mol. The van der Waals surface area contributed by atoms with Crippen molar-refractivity contribution in [3.63, 3.8) is 0 Å². The van der Waals surface area contributed by atoms with Gasteiger partial charge in [-0.05, 0) is 49.8 Å². The molecule has 1 N–H and O–H groups in total. The molecule has 156 valence electrons. The summed E-state index contributed by atoms with van der Waals surface area (Å²) in [7, 11) is 1.40.